The van der Waals surface area contributed by atoms with Crippen LogP contribution in [0.4, 0.5) is 26.3 Å². The summed E-state index contributed by atoms with van der Waals surface area (Å²) in [5.74, 6) is -4.55. The molecule has 3 atom stereocenters. The fourth-order valence-electron chi connectivity index (χ4n) is 3.81. The molecule has 2 fully saturated rings. The number of nitrogens with one attached hydrogen (secondary N) is 1. The molecule has 0 bridgehead atoms. The molecular formula is C23H25F6N3O7. The Hall–Kier alpha value is -3.66. The number of amides is 1. The molecule has 2 aliphatic rings. The van der Waals surface area contributed by atoms with E-state index in [1.165, 1.54) is 0 Å². The van der Waals surface area contributed by atoms with Gasteiger partial charge in [0.1, 0.15) is 11.9 Å². The number of rotatable bonds is 5. The number of carboxylic acid groups (broad SMARTS) is 2. The van der Waals surface area contributed by atoms with Gasteiger partial charge >= 0.3 is 24.3 Å². The number of hydrogen-bond acceptors (Lipinski definition) is 7. The third-order valence-corrected chi connectivity index (χ3v) is 5.57. The van der Waals surface area contributed by atoms with Crippen molar-refractivity contribution in [3.8, 4) is 0 Å². The molecule has 2 aliphatic heterocycles. The SMILES string of the molecule is O=C(NCc1cccnc1)[C@@H]1CC[C@@H]2[C@@H](CCN2Cc2ccco2)O1.O=C(O)C(F)(F)F.O=C(O)C(F)(F)F. The van der Waals surface area contributed by atoms with Gasteiger partial charge < -0.3 is 24.7 Å². The molecular weight excluding hydrogens is 544 g/mol. The van der Waals surface area contributed by atoms with Gasteiger partial charge in [0.25, 0.3) is 0 Å². The number of likely N-dealkylation sites (tertiary alicyclic amines) is 1. The fraction of sp³-hybridized carbons (Fsp3) is 0.478. The van der Waals surface area contributed by atoms with Crippen molar-refractivity contribution >= 4 is 17.8 Å². The minimum absolute atomic E-state index is 0.0215. The van der Waals surface area contributed by atoms with E-state index in [1.54, 1.807) is 18.7 Å². The molecule has 216 valence electrons. The van der Waals surface area contributed by atoms with E-state index < -0.39 is 24.3 Å². The van der Waals surface area contributed by atoms with E-state index in [9.17, 15) is 31.1 Å². The number of carbonyl (C=O) groups excluding carboxylic acids is 1. The summed E-state index contributed by atoms with van der Waals surface area (Å²) in [6, 6.07) is 8.13. The zero-order chi connectivity index (χ0) is 29.2. The van der Waals surface area contributed by atoms with Crippen LogP contribution in [0.2, 0.25) is 0 Å². The molecule has 0 aliphatic carbocycles. The second-order valence-electron chi connectivity index (χ2n) is 8.33. The molecule has 2 aromatic heterocycles. The average Bonchev–Trinajstić information content (AvgIpc) is 3.53. The van der Waals surface area contributed by atoms with Crippen LogP contribution in [0.1, 0.15) is 30.6 Å². The Kier molecular flexibility index (Phi) is 11.3. The highest BCUT2D eigenvalue weighted by molar-refractivity contribution is 5.80. The highest BCUT2D eigenvalue weighted by atomic mass is 19.4. The summed E-state index contributed by atoms with van der Waals surface area (Å²) in [5, 5.41) is 17.2. The lowest BCUT2D eigenvalue weighted by Crippen LogP contribution is -2.47. The lowest BCUT2D eigenvalue weighted by atomic mass is 9.98. The third-order valence-electron chi connectivity index (χ3n) is 5.57. The Morgan fingerprint density at radius 3 is 2.15 bits per heavy atom. The Balaban J connectivity index is 0.000000317. The first-order valence-electron chi connectivity index (χ1n) is 11.4. The molecule has 0 radical (unpaired) electrons. The van der Waals surface area contributed by atoms with Gasteiger partial charge in [-0.05, 0) is 43.0 Å². The average molecular weight is 569 g/mol. The zero-order valence-electron chi connectivity index (χ0n) is 20.1. The molecule has 16 heteroatoms. The van der Waals surface area contributed by atoms with E-state index in [1.807, 2.05) is 24.3 Å². The van der Waals surface area contributed by atoms with Crippen molar-refractivity contribution in [1.29, 1.82) is 0 Å². The van der Waals surface area contributed by atoms with Crippen molar-refractivity contribution in [1.82, 2.24) is 15.2 Å². The van der Waals surface area contributed by atoms with Crippen molar-refractivity contribution in [3.63, 3.8) is 0 Å². The number of furan rings is 1. The van der Waals surface area contributed by atoms with Crippen LogP contribution in [0.5, 0.6) is 0 Å². The van der Waals surface area contributed by atoms with E-state index in [0.29, 0.717) is 12.6 Å². The second-order valence-corrected chi connectivity index (χ2v) is 8.33. The van der Waals surface area contributed by atoms with E-state index in [4.69, 9.17) is 29.0 Å². The Morgan fingerprint density at radius 1 is 1.00 bits per heavy atom. The summed E-state index contributed by atoms with van der Waals surface area (Å²) >= 11 is 0. The first-order chi connectivity index (χ1) is 18.2. The van der Waals surface area contributed by atoms with Crippen molar-refractivity contribution in [2.75, 3.05) is 6.54 Å². The fourth-order valence-corrected chi connectivity index (χ4v) is 3.81. The smallest absolute Gasteiger partial charge is 0.475 e. The molecule has 39 heavy (non-hydrogen) atoms. The number of hydrogen-bond donors (Lipinski definition) is 3. The quantitative estimate of drug-likeness (QED) is 0.462. The molecule has 0 saturated carbocycles. The van der Waals surface area contributed by atoms with Crippen LogP contribution >= 0.6 is 0 Å². The van der Waals surface area contributed by atoms with Gasteiger partial charge in [-0.15, -0.1) is 0 Å². The van der Waals surface area contributed by atoms with Gasteiger partial charge in [0, 0.05) is 31.5 Å². The van der Waals surface area contributed by atoms with E-state index >= 15 is 0 Å². The van der Waals surface area contributed by atoms with E-state index in [2.05, 4.69) is 15.2 Å². The Morgan fingerprint density at radius 2 is 1.64 bits per heavy atom. The lowest BCUT2D eigenvalue weighted by Gasteiger charge is -2.35. The molecule has 4 heterocycles. The summed E-state index contributed by atoms with van der Waals surface area (Å²) in [4.78, 5) is 36.7. The van der Waals surface area contributed by atoms with Crippen LogP contribution < -0.4 is 5.32 Å². The van der Waals surface area contributed by atoms with Gasteiger partial charge in [0.15, 0.2) is 0 Å². The largest absolute Gasteiger partial charge is 0.490 e. The van der Waals surface area contributed by atoms with Crippen LogP contribution in [0, 0.1) is 0 Å². The normalized spacial score (nSPS) is 20.9. The maximum absolute atomic E-state index is 12.4. The lowest BCUT2D eigenvalue weighted by molar-refractivity contribution is -0.193. The zero-order valence-corrected chi connectivity index (χ0v) is 20.1. The Bertz CT molecular complexity index is 1040. The minimum Gasteiger partial charge on any atom is -0.475 e. The van der Waals surface area contributed by atoms with Gasteiger partial charge in [0.2, 0.25) is 5.91 Å². The van der Waals surface area contributed by atoms with Crippen molar-refractivity contribution in [3.05, 3.63) is 54.2 Å². The minimum atomic E-state index is -5.08. The third kappa shape index (κ3) is 10.6. The summed E-state index contributed by atoms with van der Waals surface area (Å²) in [6.07, 6.45) is -2.46. The first kappa shape index (κ1) is 31.6. The molecule has 0 unspecified atom stereocenters. The topological polar surface area (TPSA) is 142 Å². The molecule has 3 N–H and O–H groups in total. The number of carboxylic acids is 2. The highest BCUT2D eigenvalue weighted by Crippen LogP contribution is 2.32. The molecule has 10 nitrogen and oxygen atoms in total. The Labute approximate surface area is 217 Å². The number of carbonyl (C=O) groups is 3. The molecule has 4 rings (SSSR count). The number of aromatic nitrogens is 1. The standard InChI is InChI=1S/C19H23N3O3.2C2HF3O2/c23-19(21-12-14-3-1-8-20-11-14)18-6-5-16-17(25-18)7-9-22(16)13-15-4-2-10-24-15;2*3-2(4,5)1(6)7/h1-4,8,10-11,16-18H,5-7,9,12-13H2,(H,21,23);2*(H,6,7)/t16-,17-,18+;;/m1../s1. The van der Waals surface area contributed by atoms with E-state index in [-0.39, 0.29) is 18.1 Å². The predicted molar refractivity (Wildman–Crippen MR) is 119 cm³/mol. The number of aliphatic carboxylic acids is 2. The van der Waals surface area contributed by atoms with Gasteiger partial charge in [-0.1, -0.05) is 6.07 Å². The maximum atomic E-state index is 12.4. The second kappa shape index (κ2) is 13.9. The maximum Gasteiger partial charge on any atom is 0.490 e. The summed E-state index contributed by atoms with van der Waals surface area (Å²) < 4.78 is 75.0. The van der Waals surface area contributed by atoms with Crippen LogP contribution in [-0.2, 0) is 32.2 Å². The van der Waals surface area contributed by atoms with Crippen LogP contribution in [0.25, 0.3) is 0 Å². The van der Waals surface area contributed by atoms with Crippen LogP contribution in [0.15, 0.2) is 47.3 Å². The number of ether oxygens (including phenoxy) is 1. The first-order valence-corrected chi connectivity index (χ1v) is 11.4. The van der Waals surface area contributed by atoms with Crippen LogP contribution in [-0.4, -0.2) is 75.1 Å². The van der Waals surface area contributed by atoms with Gasteiger partial charge in [-0.3, -0.25) is 14.7 Å². The number of halogens is 6. The van der Waals surface area contributed by atoms with E-state index in [0.717, 1.165) is 43.7 Å². The molecule has 2 saturated heterocycles. The molecule has 1 amide bonds. The molecule has 0 aromatic carbocycles. The number of alkyl halides is 6. The van der Waals surface area contributed by atoms with Crippen molar-refractivity contribution in [2.24, 2.45) is 0 Å². The monoisotopic (exact) mass is 569 g/mol. The van der Waals surface area contributed by atoms with Crippen molar-refractivity contribution in [2.45, 2.75) is 63.0 Å². The van der Waals surface area contributed by atoms with Crippen molar-refractivity contribution < 1.29 is 60.1 Å². The summed E-state index contributed by atoms with van der Waals surface area (Å²) in [6.45, 7) is 2.29. The van der Waals surface area contributed by atoms with Crippen LogP contribution in [0.3, 0.4) is 0 Å². The number of fused-ring (bicyclic) bond motifs is 1. The molecule has 2 aromatic rings. The number of pyridine rings is 1. The van der Waals surface area contributed by atoms with Gasteiger partial charge in [-0.2, -0.15) is 26.3 Å². The number of nitrogens with zero attached hydrogens (tertiary/aromatic N) is 2. The van der Waals surface area contributed by atoms with Gasteiger partial charge in [-0.25, -0.2) is 9.59 Å². The summed E-state index contributed by atoms with van der Waals surface area (Å²) in [7, 11) is 0. The molecule has 0 spiro atoms. The highest BCUT2D eigenvalue weighted by Gasteiger charge is 2.42. The van der Waals surface area contributed by atoms with Gasteiger partial charge in [0.05, 0.1) is 18.9 Å². The predicted octanol–water partition coefficient (Wildman–Crippen LogP) is 3.38. The summed E-state index contributed by atoms with van der Waals surface area (Å²) in [5.41, 5.74) is 0.995.